The lowest BCUT2D eigenvalue weighted by Crippen LogP contribution is -2.49. The summed E-state index contributed by atoms with van der Waals surface area (Å²) >= 11 is 0. The average Bonchev–Trinajstić information content (AvgIpc) is 2.26. The van der Waals surface area contributed by atoms with Crippen molar-refractivity contribution in [2.75, 3.05) is 59.9 Å². The molecule has 1 aliphatic heterocycles. The van der Waals surface area contributed by atoms with E-state index in [-0.39, 0.29) is 6.54 Å². The van der Waals surface area contributed by atoms with Gasteiger partial charge >= 0.3 is 6.98 Å². The van der Waals surface area contributed by atoms with Crippen LogP contribution in [0, 0.1) is 0 Å². The minimum absolute atomic E-state index is 0.0367. The molecule has 18 heavy (non-hydrogen) atoms. The van der Waals surface area contributed by atoms with Crippen LogP contribution in [0.25, 0.3) is 0 Å². The largest absolute Gasteiger partial charge is 0.506 e. The molecule has 1 fully saturated rings. The Balaban J connectivity index is 2.25. The molecule has 1 saturated heterocycles. The highest BCUT2D eigenvalue weighted by molar-refractivity contribution is 6.66. The lowest BCUT2D eigenvalue weighted by Gasteiger charge is -2.36. The molecule has 0 aromatic rings. The summed E-state index contributed by atoms with van der Waals surface area (Å²) in [5, 5.41) is 0. The Labute approximate surface area is 107 Å². The van der Waals surface area contributed by atoms with Crippen molar-refractivity contribution in [1.82, 2.24) is 14.7 Å². The maximum absolute atomic E-state index is 12.4. The topological polar surface area (TPSA) is 9.72 Å². The van der Waals surface area contributed by atoms with E-state index in [0.717, 1.165) is 26.2 Å². The van der Waals surface area contributed by atoms with E-state index >= 15 is 0 Å². The molecule has 0 bridgehead atoms. The van der Waals surface area contributed by atoms with Crippen LogP contribution < -0.4 is 0 Å². The molecule has 0 aromatic heterocycles. The number of nitrogens with zero attached hydrogens (tertiary/aromatic N) is 3. The normalized spacial score (nSPS) is 19.4. The predicted octanol–water partition coefficient (Wildman–Crippen LogP) is 1.11. The Morgan fingerprint density at radius 2 is 1.61 bits per heavy atom. The van der Waals surface area contributed by atoms with Gasteiger partial charge < -0.3 is 17.8 Å². The first kappa shape index (κ1) is 15.5. The molecule has 0 N–H and O–H groups in total. The first-order valence-corrected chi connectivity index (χ1v) is 6.26. The summed E-state index contributed by atoms with van der Waals surface area (Å²) in [5.74, 6) is 0. The number of hydrogen-bond acceptors (Lipinski definition) is 3. The lowest BCUT2D eigenvalue weighted by atomic mass is 9.80. The number of rotatable bonds is 6. The van der Waals surface area contributed by atoms with E-state index < -0.39 is 12.4 Å². The zero-order valence-electron chi connectivity index (χ0n) is 11.2. The molecule has 1 rings (SSSR count). The van der Waals surface area contributed by atoms with Crippen LogP contribution in [0.4, 0.5) is 12.9 Å². The molecule has 0 aromatic carbocycles. The number of hydrogen-bond donors (Lipinski definition) is 0. The highest BCUT2D eigenvalue weighted by atomic mass is 19.4. The van der Waals surface area contributed by atoms with Gasteiger partial charge in [-0.2, -0.15) is 0 Å². The minimum Gasteiger partial charge on any atom is -0.445 e. The molecule has 0 aliphatic carbocycles. The molecule has 106 valence electrons. The fourth-order valence-electron chi connectivity index (χ4n) is 1.90. The van der Waals surface area contributed by atoms with Crippen LogP contribution >= 0.6 is 0 Å². The smallest absolute Gasteiger partial charge is 0.445 e. The molecule has 0 amide bonds. The molecule has 3 nitrogen and oxygen atoms in total. The summed E-state index contributed by atoms with van der Waals surface area (Å²) < 4.78 is 37.2. The standard InChI is InChI=1S/C11H22BF3N3/c1-11(12(13,14)15)10-18-8-6-17(7-9-18)5-4-16(2)3/h1,4-10H2,2-3H3/q-1. The molecule has 0 atom stereocenters. The molecular formula is C11H22BF3N3-. The fraction of sp³-hybridized carbons (Fsp3) is 0.818. The summed E-state index contributed by atoms with van der Waals surface area (Å²) in [6.45, 7) is 3.24. The van der Waals surface area contributed by atoms with E-state index in [1.165, 1.54) is 0 Å². The summed E-state index contributed by atoms with van der Waals surface area (Å²) in [6.07, 6.45) is 0. The maximum Gasteiger partial charge on any atom is 0.506 e. The zero-order valence-corrected chi connectivity index (χ0v) is 11.2. The van der Waals surface area contributed by atoms with E-state index in [1.54, 1.807) is 0 Å². The molecule has 0 radical (unpaired) electrons. The first-order chi connectivity index (χ1) is 8.29. The molecule has 1 heterocycles. The predicted molar refractivity (Wildman–Crippen MR) is 69.7 cm³/mol. The Kier molecular flexibility index (Phi) is 5.68. The van der Waals surface area contributed by atoms with Crippen molar-refractivity contribution in [3.8, 4) is 0 Å². The van der Waals surface area contributed by atoms with Gasteiger partial charge in [-0.05, 0) is 20.6 Å². The van der Waals surface area contributed by atoms with Crippen molar-refractivity contribution >= 4 is 6.98 Å². The van der Waals surface area contributed by atoms with Crippen LogP contribution in [0.5, 0.6) is 0 Å². The van der Waals surface area contributed by atoms with E-state index in [1.807, 2.05) is 19.0 Å². The van der Waals surface area contributed by atoms with Gasteiger partial charge in [-0.1, -0.05) is 0 Å². The fourth-order valence-corrected chi connectivity index (χ4v) is 1.90. The van der Waals surface area contributed by atoms with Gasteiger partial charge in [-0.25, -0.2) is 0 Å². The quantitative estimate of drug-likeness (QED) is 0.665. The Bertz CT molecular complexity index is 273. The van der Waals surface area contributed by atoms with Crippen LogP contribution in [0.3, 0.4) is 0 Å². The average molecular weight is 264 g/mol. The highest BCUT2D eigenvalue weighted by Gasteiger charge is 2.28. The van der Waals surface area contributed by atoms with E-state index in [4.69, 9.17) is 0 Å². The third kappa shape index (κ3) is 5.41. The maximum atomic E-state index is 12.4. The molecule has 0 saturated carbocycles. The minimum atomic E-state index is -4.89. The third-order valence-corrected chi connectivity index (χ3v) is 3.22. The van der Waals surface area contributed by atoms with Crippen LogP contribution in [0.2, 0.25) is 0 Å². The Hall–Kier alpha value is -0.525. The summed E-state index contributed by atoms with van der Waals surface area (Å²) in [5.41, 5.74) is -0.586. The van der Waals surface area contributed by atoms with Crippen molar-refractivity contribution in [3.63, 3.8) is 0 Å². The van der Waals surface area contributed by atoms with Crippen molar-refractivity contribution < 1.29 is 12.9 Å². The Morgan fingerprint density at radius 1 is 1.11 bits per heavy atom. The van der Waals surface area contributed by atoms with E-state index in [9.17, 15) is 12.9 Å². The summed E-state index contributed by atoms with van der Waals surface area (Å²) in [4.78, 5) is 6.24. The monoisotopic (exact) mass is 264 g/mol. The number of likely N-dealkylation sites (N-methyl/N-ethyl adjacent to an activating group) is 1. The molecule has 0 unspecified atom stereocenters. The summed E-state index contributed by atoms with van der Waals surface area (Å²) in [7, 11) is 4.04. The number of halogens is 3. The second-order valence-corrected chi connectivity index (χ2v) is 5.15. The highest BCUT2D eigenvalue weighted by Crippen LogP contribution is 2.19. The first-order valence-electron chi connectivity index (χ1n) is 6.26. The van der Waals surface area contributed by atoms with Crippen molar-refractivity contribution in [1.29, 1.82) is 0 Å². The van der Waals surface area contributed by atoms with Gasteiger partial charge in [0.1, 0.15) is 0 Å². The van der Waals surface area contributed by atoms with Gasteiger partial charge in [-0.15, -0.1) is 12.1 Å². The molecule has 0 spiro atoms. The Morgan fingerprint density at radius 3 is 2.06 bits per heavy atom. The van der Waals surface area contributed by atoms with E-state index in [2.05, 4.69) is 16.4 Å². The molecule has 1 aliphatic rings. The SMILES string of the molecule is C=C(CN1CCN(CCN(C)C)CC1)[B-](F)(F)F. The zero-order chi connectivity index (χ0) is 13.8. The molecular weight excluding hydrogens is 242 g/mol. The second-order valence-electron chi connectivity index (χ2n) is 5.15. The van der Waals surface area contributed by atoms with Gasteiger partial charge in [0, 0.05) is 39.3 Å². The van der Waals surface area contributed by atoms with Crippen molar-refractivity contribution in [2.24, 2.45) is 0 Å². The van der Waals surface area contributed by atoms with E-state index in [0.29, 0.717) is 13.1 Å². The van der Waals surface area contributed by atoms with Crippen LogP contribution in [0.1, 0.15) is 0 Å². The van der Waals surface area contributed by atoms with Gasteiger partial charge in [0.15, 0.2) is 0 Å². The third-order valence-electron chi connectivity index (χ3n) is 3.22. The number of piperazine rings is 1. The van der Waals surface area contributed by atoms with Crippen LogP contribution in [0.15, 0.2) is 12.1 Å². The van der Waals surface area contributed by atoms with Crippen molar-refractivity contribution in [2.45, 2.75) is 0 Å². The van der Waals surface area contributed by atoms with Crippen LogP contribution in [-0.4, -0.2) is 81.6 Å². The van der Waals surface area contributed by atoms with Crippen molar-refractivity contribution in [3.05, 3.63) is 12.1 Å². The summed E-state index contributed by atoms with van der Waals surface area (Å²) in [6, 6.07) is 0. The van der Waals surface area contributed by atoms with Gasteiger partial charge in [0.05, 0.1) is 0 Å². The molecule has 7 heteroatoms. The van der Waals surface area contributed by atoms with Gasteiger partial charge in [0.25, 0.3) is 0 Å². The van der Waals surface area contributed by atoms with Crippen LogP contribution in [-0.2, 0) is 0 Å². The van der Waals surface area contributed by atoms with Gasteiger partial charge in [0.2, 0.25) is 0 Å². The van der Waals surface area contributed by atoms with Gasteiger partial charge in [-0.3, -0.25) is 9.80 Å². The second kappa shape index (κ2) is 6.59. The lowest BCUT2D eigenvalue weighted by molar-refractivity contribution is 0.133.